The summed E-state index contributed by atoms with van der Waals surface area (Å²) in [7, 11) is 1.61. The Morgan fingerprint density at radius 2 is 1.70 bits per heavy atom. The molecule has 30 heavy (non-hydrogen) atoms. The first-order valence-electron chi connectivity index (χ1n) is 9.62. The number of methoxy groups -OCH3 is 1. The van der Waals surface area contributed by atoms with Crippen molar-refractivity contribution in [3.63, 3.8) is 0 Å². The van der Waals surface area contributed by atoms with E-state index < -0.39 is 0 Å². The fourth-order valence-electron chi connectivity index (χ4n) is 3.26. The Morgan fingerprint density at radius 3 is 2.37 bits per heavy atom. The van der Waals surface area contributed by atoms with Gasteiger partial charge in [0.1, 0.15) is 11.6 Å². The number of aromatic nitrogens is 3. The smallest absolute Gasteiger partial charge is 0.319 e. The van der Waals surface area contributed by atoms with E-state index in [1.807, 2.05) is 71.0 Å². The average Bonchev–Trinajstić information content (AvgIpc) is 3.41. The summed E-state index contributed by atoms with van der Waals surface area (Å²) < 4.78 is 9.04. The van der Waals surface area contributed by atoms with Gasteiger partial charge in [-0.25, -0.2) is 9.48 Å². The van der Waals surface area contributed by atoms with E-state index in [4.69, 9.17) is 9.84 Å². The van der Waals surface area contributed by atoms with Crippen molar-refractivity contribution in [3.8, 4) is 17.3 Å². The summed E-state index contributed by atoms with van der Waals surface area (Å²) in [6, 6.07) is 20.8. The topological polar surface area (TPSA) is 73.1 Å². The number of amides is 2. The summed E-state index contributed by atoms with van der Waals surface area (Å²) in [5.74, 6) is 1.63. The first-order valence-corrected chi connectivity index (χ1v) is 9.62. The molecule has 2 heterocycles. The molecule has 4 rings (SSSR count). The first-order chi connectivity index (χ1) is 14.7. The third-order valence-electron chi connectivity index (χ3n) is 4.78. The normalized spacial score (nSPS) is 10.6. The number of benzene rings is 2. The molecule has 0 saturated heterocycles. The van der Waals surface area contributed by atoms with Gasteiger partial charge >= 0.3 is 6.03 Å². The molecule has 2 aromatic carbocycles. The Hall–Kier alpha value is -4.00. The number of carbonyl (C=O) groups excluding carboxylic acids is 1. The molecule has 2 N–H and O–H groups in total. The Balaban J connectivity index is 1.56. The van der Waals surface area contributed by atoms with Crippen LogP contribution in [-0.4, -0.2) is 27.5 Å². The van der Waals surface area contributed by atoms with E-state index in [9.17, 15) is 4.79 Å². The molecule has 0 aliphatic rings. The Labute approximate surface area is 174 Å². The molecule has 0 atom stereocenters. The number of carbonyl (C=O) groups is 1. The van der Waals surface area contributed by atoms with Gasteiger partial charge in [-0.1, -0.05) is 18.2 Å². The lowest BCUT2D eigenvalue weighted by Crippen LogP contribution is -2.28. The van der Waals surface area contributed by atoms with Crippen LogP contribution >= 0.6 is 0 Å². The second-order valence-electron chi connectivity index (χ2n) is 6.76. The fraction of sp³-hybridized carbons (Fsp3) is 0.130. The molecule has 7 heteroatoms. The molecule has 0 fully saturated rings. The lowest BCUT2D eigenvalue weighted by molar-refractivity contribution is 0.251. The number of hydrogen-bond acceptors (Lipinski definition) is 3. The summed E-state index contributed by atoms with van der Waals surface area (Å²) in [5.41, 5.74) is 3.45. The highest BCUT2D eigenvalue weighted by molar-refractivity contribution is 5.89. The largest absolute Gasteiger partial charge is 0.497 e. The molecule has 0 aliphatic heterocycles. The van der Waals surface area contributed by atoms with Crippen LogP contribution in [-0.2, 0) is 6.54 Å². The highest BCUT2D eigenvalue weighted by Crippen LogP contribution is 2.23. The minimum Gasteiger partial charge on any atom is -0.497 e. The molecule has 7 nitrogen and oxygen atoms in total. The lowest BCUT2D eigenvalue weighted by Gasteiger charge is -2.12. The lowest BCUT2D eigenvalue weighted by atomic mass is 10.2. The van der Waals surface area contributed by atoms with Crippen LogP contribution in [0.5, 0.6) is 5.75 Å². The molecule has 2 amide bonds. The zero-order valence-electron chi connectivity index (χ0n) is 16.9. The van der Waals surface area contributed by atoms with E-state index in [1.165, 1.54) is 0 Å². The van der Waals surface area contributed by atoms with Crippen molar-refractivity contribution >= 4 is 11.7 Å². The number of urea groups is 1. The van der Waals surface area contributed by atoms with Crippen LogP contribution in [0.2, 0.25) is 0 Å². The van der Waals surface area contributed by atoms with E-state index in [0.717, 1.165) is 28.5 Å². The molecule has 0 radical (unpaired) electrons. The van der Waals surface area contributed by atoms with Gasteiger partial charge in [0.2, 0.25) is 0 Å². The maximum absolute atomic E-state index is 12.4. The predicted molar refractivity (Wildman–Crippen MR) is 116 cm³/mol. The van der Waals surface area contributed by atoms with Gasteiger partial charge in [-0.15, -0.1) is 0 Å². The van der Waals surface area contributed by atoms with Crippen molar-refractivity contribution in [1.82, 2.24) is 19.7 Å². The number of hydrogen-bond donors (Lipinski definition) is 2. The zero-order chi connectivity index (χ0) is 20.9. The van der Waals surface area contributed by atoms with E-state index in [2.05, 4.69) is 10.6 Å². The molecule has 0 bridgehead atoms. The molecular formula is C23H23N5O2. The second kappa shape index (κ2) is 8.57. The van der Waals surface area contributed by atoms with Gasteiger partial charge in [0.25, 0.3) is 0 Å². The minimum absolute atomic E-state index is 0.287. The zero-order valence-corrected chi connectivity index (χ0v) is 16.9. The van der Waals surface area contributed by atoms with Crippen molar-refractivity contribution in [2.75, 3.05) is 12.4 Å². The third-order valence-corrected chi connectivity index (χ3v) is 4.78. The summed E-state index contributed by atoms with van der Waals surface area (Å²) >= 11 is 0. The van der Waals surface area contributed by atoms with Crippen LogP contribution < -0.4 is 15.4 Å². The van der Waals surface area contributed by atoms with Gasteiger partial charge in [-0.2, -0.15) is 5.10 Å². The maximum atomic E-state index is 12.4. The predicted octanol–water partition coefficient (Wildman–Crippen LogP) is 4.30. The van der Waals surface area contributed by atoms with Gasteiger partial charge in [-0.3, -0.25) is 0 Å². The monoisotopic (exact) mass is 401 g/mol. The summed E-state index contributed by atoms with van der Waals surface area (Å²) in [5, 5.41) is 10.5. The van der Waals surface area contributed by atoms with Crippen molar-refractivity contribution < 1.29 is 9.53 Å². The van der Waals surface area contributed by atoms with Crippen LogP contribution in [0.15, 0.2) is 79.1 Å². The fourth-order valence-corrected chi connectivity index (χ4v) is 3.26. The highest BCUT2D eigenvalue weighted by atomic mass is 16.5. The van der Waals surface area contributed by atoms with Gasteiger partial charge in [-0.05, 0) is 55.5 Å². The first kappa shape index (κ1) is 19.3. The minimum atomic E-state index is -0.287. The second-order valence-corrected chi connectivity index (χ2v) is 6.76. The van der Waals surface area contributed by atoms with E-state index in [0.29, 0.717) is 12.2 Å². The van der Waals surface area contributed by atoms with E-state index >= 15 is 0 Å². The summed E-state index contributed by atoms with van der Waals surface area (Å²) in [6.45, 7) is 2.29. The van der Waals surface area contributed by atoms with Crippen LogP contribution in [0.25, 0.3) is 11.5 Å². The Kier molecular flexibility index (Phi) is 5.52. The van der Waals surface area contributed by atoms with Crippen molar-refractivity contribution in [3.05, 3.63) is 90.4 Å². The number of ether oxygens (including phenoxy) is 1. The van der Waals surface area contributed by atoms with Crippen LogP contribution in [0.1, 0.15) is 11.3 Å². The molecule has 0 spiro atoms. The summed E-state index contributed by atoms with van der Waals surface area (Å²) in [6.07, 6.45) is 3.94. The number of nitrogens with zero attached hydrogens (tertiary/aromatic N) is 3. The molecule has 152 valence electrons. The number of para-hydroxylation sites is 1. The number of nitrogens with one attached hydrogen (secondary N) is 2. The Bertz CT molecular complexity index is 1120. The van der Waals surface area contributed by atoms with Crippen LogP contribution in [0, 0.1) is 6.92 Å². The maximum Gasteiger partial charge on any atom is 0.319 e. The van der Waals surface area contributed by atoms with Gasteiger partial charge in [0.05, 0.1) is 25.0 Å². The molecule has 0 unspecified atom stereocenters. The quantitative estimate of drug-likeness (QED) is 0.506. The number of aryl methyl sites for hydroxylation is 1. The van der Waals surface area contributed by atoms with Crippen molar-refractivity contribution in [2.24, 2.45) is 0 Å². The van der Waals surface area contributed by atoms with E-state index in [-0.39, 0.29) is 6.03 Å². The van der Waals surface area contributed by atoms with Gasteiger partial charge < -0.3 is 19.9 Å². The summed E-state index contributed by atoms with van der Waals surface area (Å²) in [4.78, 5) is 12.4. The van der Waals surface area contributed by atoms with Crippen LogP contribution in [0.4, 0.5) is 10.5 Å². The standard InChI is InChI=1S/C23H23N5O2/c1-17-21(16-24-23(29)25-18-10-12-20(30-2)13-11-18)22(27-14-6-7-15-27)28(26-17)19-8-4-3-5-9-19/h3-15H,16H2,1-2H3,(H2,24,25,29). The van der Waals surface area contributed by atoms with Crippen LogP contribution in [0.3, 0.4) is 0 Å². The van der Waals surface area contributed by atoms with Crippen molar-refractivity contribution in [1.29, 1.82) is 0 Å². The molecular weight excluding hydrogens is 378 g/mol. The number of anilines is 1. The molecule has 0 saturated carbocycles. The SMILES string of the molecule is COc1ccc(NC(=O)NCc2c(C)nn(-c3ccccc3)c2-n2cccc2)cc1. The number of rotatable bonds is 6. The molecule has 4 aromatic rings. The van der Waals surface area contributed by atoms with Gasteiger partial charge in [0, 0.05) is 23.6 Å². The third kappa shape index (κ3) is 4.05. The molecule has 2 aromatic heterocycles. The van der Waals surface area contributed by atoms with Gasteiger partial charge in [0.15, 0.2) is 0 Å². The van der Waals surface area contributed by atoms with E-state index in [1.54, 1.807) is 31.4 Å². The molecule has 0 aliphatic carbocycles. The Morgan fingerprint density at radius 1 is 1.00 bits per heavy atom. The van der Waals surface area contributed by atoms with Crippen molar-refractivity contribution in [2.45, 2.75) is 13.5 Å². The highest BCUT2D eigenvalue weighted by Gasteiger charge is 2.18. The average molecular weight is 401 g/mol.